The molecule has 2 N–H and O–H groups in total. The lowest BCUT2D eigenvalue weighted by molar-refractivity contribution is 0.0996. The molecule has 0 spiro atoms. The molecule has 174 valence electrons. The van der Waals surface area contributed by atoms with Gasteiger partial charge in [-0.05, 0) is 67.8 Å². The quantitative estimate of drug-likeness (QED) is 0.340. The highest BCUT2D eigenvalue weighted by Gasteiger charge is 2.24. The predicted molar refractivity (Wildman–Crippen MR) is 135 cm³/mol. The van der Waals surface area contributed by atoms with E-state index in [1.54, 1.807) is 36.4 Å². The van der Waals surface area contributed by atoms with Crippen molar-refractivity contribution in [2.75, 3.05) is 10.6 Å². The molecule has 0 aliphatic rings. The van der Waals surface area contributed by atoms with Gasteiger partial charge < -0.3 is 19.5 Å². The van der Waals surface area contributed by atoms with E-state index in [2.05, 4.69) is 10.6 Å². The molecule has 3 aromatic carbocycles. The zero-order chi connectivity index (χ0) is 24.7. The van der Waals surface area contributed by atoms with E-state index in [1.807, 2.05) is 45.0 Å². The van der Waals surface area contributed by atoms with E-state index < -0.39 is 11.8 Å². The minimum absolute atomic E-state index is 0.0591. The van der Waals surface area contributed by atoms with Gasteiger partial charge in [0.1, 0.15) is 16.9 Å². The zero-order valence-electron chi connectivity index (χ0n) is 19.4. The van der Waals surface area contributed by atoms with E-state index in [4.69, 9.17) is 8.83 Å². The Bertz CT molecular complexity index is 1690. The van der Waals surface area contributed by atoms with Crippen LogP contribution in [0.1, 0.15) is 37.8 Å². The van der Waals surface area contributed by atoms with E-state index in [-0.39, 0.29) is 22.6 Å². The number of fused-ring (bicyclic) bond motifs is 2. The van der Waals surface area contributed by atoms with Gasteiger partial charge in [-0.2, -0.15) is 0 Å². The normalized spacial score (nSPS) is 11.1. The minimum Gasteiger partial charge on any atom is -0.450 e. The summed E-state index contributed by atoms with van der Waals surface area (Å²) in [7, 11) is 0. The standard InChI is InChI=1S/C28H22N2O5/c1-15-7-6-8-18(13-15)29-28(33)26-24(20-9-4-5-10-22(20)34-26)30-27(32)23-14-21(31)19-12-11-16(2)17(3)25(19)35-23/h4-14H,1-3H3,(H,29,33)(H,30,32). The molecule has 7 heteroatoms. The zero-order valence-corrected chi connectivity index (χ0v) is 19.4. The van der Waals surface area contributed by atoms with Crippen LogP contribution in [-0.2, 0) is 0 Å². The Hall–Kier alpha value is -4.65. The smallest absolute Gasteiger partial charge is 0.293 e. The summed E-state index contributed by atoms with van der Waals surface area (Å²) in [5.41, 5.74) is 3.96. The highest BCUT2D eigenvalue weighted by Crippen LogP contribution is 2.32. The monoisotopic (exact) mass is 466 g/mol. The van der Waals surface area contributed by atoms with Gasteiger partial charge in [0.05, 0.1) is 5.39 Å². The van der Waals surface area contributed by atoms with E-state index in [9.17, 15) is 14.4 Å². The summed E-state index contributed by atoms with van der Waals surface area (Å²) in [6.07, 6.45) is 0. The second kappa shape index (κ2) is 8.61. The van der Waals surface area contributed by atoms with Crippen molar-refractivity contribution in [2.24, 2.45) is 0 Å². The number of rotatable bonds is 4. The fraction of sp³-hybridized carbons (Fsp3) is 0.107. The first-order chi connectivity index (χ1) is 16.8. The van der Waals surface area contributed by atoms with Crippen molar-refractivity contribution in [2.45, 2.75) is 20.8 Å². The number of amides is 2. The summed E-state index contributed by atoms with van der Waals surface area (Å²) in [6, 6.07) is 19.0. The minimum atomic E-state index is -0.666. The van der Waals surface area contributed by atoms with Crippen LogP contribution < -0.4 is 16.1 Å². The molecule has 0 aliphatic heterocycles. The molecule has 0 fully saturated rings. The number of hydrogen-bond donors (Lipinski definition) is 2. The Kier molecular flexibility index (Phi) is 5.45. The number of anilines is 2. The Morgan fingerprint density at radius 1 is 0.771 bits per heavy atom. The van der Waals surface area contributed by atoms with Crippen LogP contribution in [0.25, 0.3) is 21.9 Å². The van der Waals surface area contributed by atoms with Crippen LogP contribution in [0.3, 0.4) is 0 Å². The van der Waals surface area contributed by atoms with Crippen LogP contribution in [-0.4, -0.2) is 11.8 Å². The third-order valence-corrected chi connectivity index (χ3v) is 5.96. The summed E-state index contributed by atoms with van der Waals surface area (Å²) in [5, 5.41) is 6.48. The molecule has 0 radical (unpaired) electrons. The molecule has 0 atom stereocenters. The molecule has 35 heavy (non-hydrogen) atoms. The lowest BCUT2D eigenvalue weighted by Crippen LogP contribution is -2.18. The molecule has 2 heterocycles. The average molecular weight is 466 g/mol. The molecule has 7 nitrogen and oxygen atoms in total. The fourth-order valence-electron chi connectivity index (χ4n) is 3.98. The number of hydrogen-bond acceptors (Lipinski definition) is 5. The van der Waals surface area contributed by atoms with Crippen molar-refractivity contribution in [3.8, 4) is 0 Å². The SMILES string of the molecule is Cc1cccc(NC(=O)c2oc3ccccc3c2NC(=O)c2cc(=O)c3ccc(C)c(C)c3o2)c1. The van der Waals surface area contributed by atoms with Crippen LogP contribution in [0, 0.1) is 20.8 Å². The number of furan rings is 1. The topological polar surface area (TPSA) is 102 Å². The fourth-order valence-corrected chi connectivity index (χ4v) is 3.98. The number of carbonyl (C=O) groups is 2. The van der Waals surface area contributed by atoms with Gasteiger partial charge in [0, 0.05) is 17.1 Å². The van der Waals surface area contributed by atoms with Crippen LogP contribution in [0.2, 0.25) is 0 Å². The molecular formula is C28H22N2O5. The molecular weight excluding hydrogens is 444 g/mol. The van der Waals surface area contributed by atoms with Gasteiger partial charge in [0.2, 0.25) is 5.76 Å². The predicted octanol–water partition coefficient (Wildman–Crippen LogP) is 5.97. The Labute approximate surface area is 200 Å². The Balaban J connectivity index is 1.55. The second-order valence-electron chi connectivity index (χ2n) is 8.44. The number of benzene rings is 3. The van der Waals surface area contributed by atoms with E-state index in [0.29, 0.717) is 27.6 Å². The van der Waals surface area contributed by atoms with Crippen molar-refractivity contribution in [3.63, 3.8) is 0 Å². The molecule has 5 aromatic rings. The summed E-state index contributed by atoms with van der Waals surface area (Å²) in [4.78, 5) is 39.0. The lowest BCUT2D eigenvalue weighted by Gasteiger charge is -2.09. The second-order valence-corrected chi connectivity index (χ2v) is 8.44. The third-order valence-electron chi connectivity index (χ3n) is 5.96. The van der Waals surface area contributed by atoms with Crippen LogP contribution in [0.4, 0.5) is 11.4 Å². The first kappa shape index (κ1) is 22.2. The molecule has 0 saturated heterocycles. The van der Waals surface area contributed by atoms with E-state index >= 15 is 0 Å². The number of carbonyl (C=O) groups excluding carboxylic acids is 2. The summed E-state index contributed by atoms with van der Waals surface area (Å²) >= 11 is 0. The molecule has 5 rings (SSSR count). The summed E-state index contributed by atoms with van der Waals surface area (Å²) < 4.78 is 11.7. The van der Waals surface area contributed by atoms with Gasteiger partial charge in [-0.1, -0.05) is 30.3 Å². The van der Waals surface area contributed by atoms with Gasteiger partial charge >= 0.3 is 0 Å². The van der Waals surface area contributed by atoms with Crippen molar-refractivity contribution < 1.29 is 18.4 Å². The van der Waals surface area contributed by atoms with Crippen molar-refractivity contribution >= 4 is 45.1 Å². The summed E-state index contributed by atoms with van der Waals surface area (Å²) in [6.45, 7) is 5.65. The van der Waals surface area contributed by atoms with Crippen molar-refractivity contribution in [1.82, 2.24) is 0 Å². The first-order valence-corrected chi connectivity index (χ1v) is 11.1. The molecule has 0 bridgehead atoms. The van der Waals surface area contributed by atoms with Gasteiger partial charge in [-0.15, -0.1) is 0 Å². The largest absolute Gasteiger partial charge is 0.450 e. The highest BCUT2D eigenvalue weighted by molar-refractivity contribution is 6.16. The average Bonchev–Trinajstić information content (AvgIpc) is 3.20. The molecule has 0 aliphatic carbocycles. The third kappa shape index (κ3) is 4.08. The van der Waals surface area contributed by atoms with Gasteiger partial charge in [-0.25, -0.2) is 0 Å². The first-order valence-electron chi connectivity index (χ1n) is 11.1. The maximum atomic E-state index is 13.2. The maximum Gasteiger partial charge on any atom is 0.293 e. The van der Waals surface area contributed by atoms with Crippen molar-refractivity contribution in [1.29, 1.82) is 0 Å². The van der Waals surface area contributed by atoms with Crippen LogP contribution >= 0.6 is 0 Å². The molecule has 0 unspecified atom stereocenters. The summed E-state index contributed by atoms with van der Waals surface area (Å²) in [5.74, 6) is -1.41. The molecule has 2 aromatic heterocycles. The number of nitrogens with one attached hydrogen (secondary N) is 2. The van der Waals surface area contributed by atoms with Gasteiger partial charge in [0.25, 0.3) is 11.8 Å². The van der Waals surface area contributed by atoms with E-state index in [1.165, 1.54) is 0 Å². The lowest BCUT2D eigenvalue weighted by atomic mass is 10.1. The van der Waals surface area contributed by atoms with Gasteiger partial charge in [0.15, 0.2) is 11.2 Å². The molecule has 2 amide bonds. The van der Waals surface area contributed by atoms with Crippen molar-refractivity contribution in [3.05, 3.63) is 105 Å². The molecule has 0 saturated carbocycles. The van der Waals surface area contributed by atoms with Crippen LogP contribution in [0.5, 0.6) is 0 Å². The van der Waals surface area contributed by atoms with Gasteiger partial charge in [-0.3, -0.25) is 14.4 Å². The maximum absolute atomic E-state index is 13.2. The highest BCUT2D eigenvalue weighted by atomic mass is 16.4. The van der Waals surface area contributed by atoms with Crippen LogP contribution in [0.15, 0.2) is 80.4 Å². The number of para-hydroxylation sites is 1. The van der Waals surface area contributed by atoms with E-state index in [0.717, 1.165) is 22.8 Å². The Morgan fingerprint density at radius 2 is 1.57 bits per heavy atom. The Morgan fingerprint density at radius 3 is 2.37 bits per heavy atom. The number of aryl methyl sites for hydroxylation is 3.